The molecule has 2 aromatic carbocycles. The van der Waals surface area contributed by atoms with Gasteiger partial charge in [0.25, 0.3) is 0 Å². The van der Waals surface area contributed by atoms with Gasteiger partial charge in [-0.05, 0) is 43.3 Å². The Labute approximate surface area is 208 Å². The molecule has 0 saturated heterocycles. The third kappa shape index (κ3) is 3.88. The van der Waals surface area contributed by atoms with E-state index in [1.807, 2.05) is 45.4 Å². The quantitative estimate of drug-likeness (QED) is 0.288. The minimum atomic E-state index is -0.376. The highest BCUT2D eigenvalue weighted by Crippen LogP contribution is 2.36. The van der Waals surface area contributed by atoms with Crippen LogP contribution in [-0.2, 0) is 9.53 Å². The molecule has 0 fully saturated rings. The number of hydrogen-bond donors (Lipinski definition) is 0. The summed E-state index contributed by atoms with van der Waals surface area (Å²) in [6.07, 6.45) is 1.76. The van der Waals surface area contributed by atoms with Crippen molar-refractivity contribution in [3.05, 3.63) is 66.1 Å². The number of imidazole rings is 1. The van der Waals surface area contributed by atoms with Crippen LogP contribution >= 0.6 is 0 Å². The molecule has 5 aromatic rings. The maximum atomic E-state index is 12.6. The summed E-state index contributed by atoms with van der Waals surface area (Å²) < 4.78 is 14.9. The number of nitrogens with zero attached hydrogens (tertiary/aromatic N) is 4. The van der Waals surface area contributed by atoms with Crippen molar-refractivity contribution < 1.29 is 19.1 Å². The second-order valence-electron chi connectivity index (χ2n) is 9.29. The SMILES string of the molecule is CCOC(=O)c1ccc(-n2cc(OC(=O)C(C)C)c3c2nc(C(C)C)n2c4ccccc4nc32)cc1. The Kier molecular flexibility index (Phi) is 5.96. The number of aromatic nitrogens is 4. The minimum Gasteiger partial charge on any atom is -0.462 e. The summed E-state index contributed by atoms with van der Waals surface area (Å²) in [6.45, 7) is 9.85. The number of fused-ring (bicyclic) bond motifs is 5. The van der Waals surface area contributed by atoms with Crippen molar-refractivity contribution in [2.75, 3.05) is 6.61 Å². The molecule has 0 bridgehead atoms. The van der Waals surface area contributed by atoms with E-state index in [-0.39, 0.29) is 23.8 Å². The van der Waals surface area contributed by atoms with Crippen LogP contribution in [0.15, 0.2) is 54.7 Å². The predicted molar refractivity (Wildman–Crippen MR) is 138 cm³/mol. The van der Waals surface area contributed by atoms with Crippen molar-refractivity contribution in [2.45, 2.75) is 40.5 Å². The lowest BCUT2D eigenvalue weighted by Gasteiger charge is -2.12. The Hall–Kier alpha value is -4.20. The first-order chi connectivity index (χ1) is 17.3. The number of esters is 2. The highest BCUT2D eigenvalue weighted by molar-refractivity contribution is 6.01. The molecule has 0 amide bonds. The molecule has 3 aromatic heterocycles. The molecule has 0 aliphatic rings. The van der Waals surface area contributed by atoms with Gasteiger partial charge in [-0.1, -0.05) is 39.8 Å². The first kappa shape index (κ1) is 23.5. The van der Waals surface area contributed by atoms with E-state index in [9.17, 15) is 9.59 Å². The smallest absolute Gasteiger partial charge is 0.338 e. The lowest BCUT2D eigenvalue weighted by atomic mass is 10.2. The summed E-state index contributed by atoms with van der Waals surface area (Å²) in [4.78, 5) is 34.8. The molecule has 3 heterocycles. The Morgan fingerprint density at radius 2 is 1.67 bits per heavy atom. The topological polar surface area (TPSA) is 87.7 Å². The highest BCUT2D eigenvalue weighted by atomic mass is 16.5. The van der Waals surface area contributed by atoms with Gasteiger partial charge in [-0.2, -0.15) is 0 Å². The normalized spacial score (nSPS) is 11.8. The Bertz CT molecular complexity index is 1610. The van der Waals surface area contributed by atoms with Crippen molar-refractivity contribution in [2.24, 2.45) is 5.92 Å². The summed E-state index contributed by atoms with van der Waals surface area (Å²) >= 11 is 0. The molecule has 0 aliphatic carbocycles. The van der Waals surface area contributed by atoms with Crippen LogP contribution in [0.3, 0.4) is 0 Å². The zero-order valence-electron chi connectivity index (χ0n) is 21.0. The average Bonchev–Trinajstić information content (AvgIpc) is 3.42. The molecule has 8 heteroatoms. The van der Waals surface area contributed by atoms with Gasteiger partial charge in [0.1, 0.15) is 11.2 Å². The van der Waals surface area contributed by atoms with E-state index in [4.69, 9.17) is 19.4 Å². The van der Waals surface area contributed by atoms with Gasteiger partial charge in [0.05, 0.1) is 35.3 Å². The van der Waals surface area contributed by atoms with Gasteiger partial charge in [0, 0.05) is 11.6 Å². The number of carbonyl (C=O) groups excluding carboxylic acids is 2. The van der Waals surface area contributed by atoms with E-state index in [0.717, 1.165) is 22.5 Å². The van der Waals surface area contributed by atoms with Gasteiger partial charge in [-0.3, -0.25) is 13.8 Å². The fourth-order valence-electron chi connectivity index (χ4n) is 4.24. The van der Waals surface area contributed by atoms with E-state index in [1.165, 1.54) is 0 Å². The standard InChI is InChI=1S/C28H28N4O4/c1-6-35-28(34)18-11-13-19(14-12-18)31-15-22(36-27(33)17(4)5)23-25(31)30-24(16(2)3)32-21-10-8-7-9-20(21)29-26(23)32/h7-17H,6H2,1-5H3. The van der Waals surface area contributed by atoms with Gasteiger partial charge in [0.15, 0.2) is 17.0 Å². The maximum absolute atomic E-state index is 12.6. The van der Waals surface area contributed by atoms with Gasteiger partial charge in [-0.15, -0.1) is 0 Å². The van der Waals surface area contributed by atoms with Gasteiger partial charge < -0.3 is 9.47 Å². The average molecular weight is 485 g/mol. The summed E-state index contributed by atoms with van der Waals surface area (Å²) in [7, 11) is 0. The molecule has 0 aliphatic heterocycles. The summed E-state index contributed by atoms with van der Waals surface area (Å²) in [6, 6.07) is 15.0. The minimum absolute atomic E-state index is 0.103. The van der Waals surface area contributed by atoms with Gasteiger partial charge in [0.2, 0.25) is 0 Å². The van der Waals surface area contributed by atoms with Gasteiger partial charge in [-0.25, -0.2) is 14.8 Å². The van der Waals surface area contributed by atoms with Gasteiger partial charge >= 0.3 is 11.9 Å². The third-order valence-electron chi connectivity index (χ3n) is 6.03. The molecule has 0 atom stereocenters. The van der Waals surface area contributed by atoms with Crippen molar-refractivity contribution in [1.82, 2.24) is 18.9 Å². The lowest BCUT2D eigenvalue weighted by molar-refractivity contribution is -0.137. The predicted octanol–water partition coefficient (Wildman–Crippen LogP) is 5.69. The zero-order valence-corrected chi connectivity index (χ0v) is 21.0. The molecule has 0 saturated carbocycles. The first-order valence-corrected chi connectivity index (χ1v) is 12.1. The van der Waals surface area contributed by atoms with Crippen LogP contribution in [0.2, 0.25) is 0 Å². The number of benzene rings is 2. The molecule has 36 heavy (non-hydrogen) atoms. The van der Waals surface area contributed by atoms with Crippen LogP contribution in [0.5, 0.6) is 5.75 Å². The largest absolute Gasteiger partial charge is 0.462 e. The van der Waals surface area contributed by atoms with E-state index >= 15 is 0 Å². The van der Waals surface area contributed by atoms with Crippen LogP contribution in [0.1, 0.15) is 56.7 Å². The van der Waals surface area contributed by atoms with Crippen molar-refractivity contribution in [3.63, 3.8) is 0 Å². The molecule has 0 spiro atoms. The second-order valence-corrected chi connectivity index (χ2v) is 9.29. The van der Waals surface area contributed by atoms with Crippen LogP contribution < -0.4 is 4.74 Å². The molecule has 0 radical (unpaired) electrons. The number of hydrogen-bond acceptors (Lipinski definition) is 6. The fraction of sp³-hybridized carbons (Fsp3) is 0.286. The summed E-state index contributed by atoms with van der Waals surface area (Å²) in [5.74, 6) is 0.320. The molecular weight excluding hydrogens is 456 g/mol. The molecule has 0 N–H and O–H groups in total. The van der Waals surface area contributed by atoms with Crippen LogP contribution in [0, 0.1) is 5.92 Å². The van der Waals surface area contributed by atoms with Crippen molar-refractivity contribution in [3.8, 4) is 11.4 Å². The molecule has 0 unspecified atom stereocenters. The first-order valence-electron chi connectivity index (χ1n) is 12.1. The van der Waals surface area contributed by atoms with Crippen molar-refractivity contribution in [1.29, 1.82) is 0 Å². The molecule has 5 rings (SSSR count). The molecule has 8 nitrogen and oxygen atoms in total. The fourth-order valence-corrected chi connectivity index (χ4v) is 4.24. The Morgan fingerprint density at radius 3 is 2.33 bits per heavy atom. The summed E-state index contributed by atoms with van der Waals surface area (Å²) in [5, 5.41) is 0.652. The lowest BCUT2D eigenvalue weighted by Crippen LogP contribution is -2.14. The zero-order chi connectivity index (χ0) is 25.6. The van der Waals surface area contributed by atoms with E-state index in [1.54, 1.807) is 39.1 Å². The van der Waals surface area contributed by atoms with Crippen LogP contribution in [0.25, 0.3) is 33.4 Å². The molecular formula is C28H28N4O4. The maximum Gasteiger partial charge on any atom is 0.338 e. The molecule has 184 valence electrons. The van der Waals surface area contributed by atoms with Crippen molar-refractivity contribution >= 4 is 39.7 Å². The number of carbonyl (C=O) groups is 2. The summed E-state index contributed by atoms with van der Waals surface area (Å²) in [5.41, 5.74) is 4.30. The number of ether oxygens (including phenoxy) is 2. The van der Waals surface area contributed by atoms with E-state index < -0.39 is 0 Å². The number of para-hydroxylation sites is 2. The number of rotatable bonds is 6. The van der Waals surface area contributed by atoms with Crippen LogP contribution in [-0.4, -0.2) is 37.5 Å². The third-order valence-corrected chi connectivity index (χ3v) is 6.03. The Balaban J connectivity index is 1.80. The van der Waals surface area contributed by atoms with E-state index in [2.05, 4.69) is 13.8 Å². The van der Waals surface area contributed by atoms with E-state index in [0.29, 0.717) is 34.6 Å². The van der Waals surface area contributed by atoms with Crippen LogP contribution in [0.4, 0.5) is 0 Å². The second kappa shape index (κ2) is 9.11. The Morgan fingerprint density at radius 1 is 0.944 bits per heavy atom. The highest BCUT2D eigenvalue weighted by Gasteiger charge is 2.24. The monoisotopic (exact) mass is 484 g/mol.